The quantitative estimate of drug-likeness (QED) is 0.784. The van der Waals surface area contributed by atoms with Crippen LogP contribution in [0.5, 0.6) is 5.75 Å². The summed E-state index contributed by atoms with van der Waals surface area (Å²) >= 11 is 1.53. The molecule has 1 saturated heterocycles. The summed E-state index contributed by atoms with van der Waals surface area (Å²) in [5.41, 5.74) is 0.292. The van der Waals surface area contributed by atoms with Crippen molar-refractivity contribution in [2.45, 2.75) is 24.7 Å². The molecule has 0 unspecified atom stereocenters. The zero-order valence-corrected chi connectivity index (χ0v) is 12.6. The van der Waals surface area contributed by atoms with Crippen LogP contribution in [-0.4, -0.2) is 48.0 Å². The van der Waals surface area contributed by atoms with Crippen LogP contribution in [0.25, 0.3) is 0 Å². The van der Waals surface area contributed by atoms with Crippen LogP contribution < -0.4 is 4.74 Å². The number of likely N-dealkylation sites (tertiary alicyclic amines) is 1. The summed E-state index contributed by atoms with van der Waals surface area (Å²) < 4.78 is 5.71. The van der Waals surface area contributed by atoms with Crippen molar-refractivity contribution in [1.29, 1.82) is 0 Å². The van der Waals surface area contributed by atoms with Crippen molar-refractivity contribution in [1.82, 2.24) is 4.90 Å². The van der Waals surface area contributed by atoms with E-state index in [9.17, 15) is 9.90 Å². The molecule has 110 valence electrons. The fourth-order valence-corrected chi connectivity index (χ4v) is 3.23. The van der Waals surface area contributed by atoms with Gasteiger partial charge >= 0.3 is 5.97 Å². The van der Waals surface area contributed by atoms with E-state index in [1.807, 2.05) is 19.1 Å². The highest BCUT2D eigenvalue weighted by Crippen LogP contribution is 2.30. The Morgan fingerprint density at radius 1 is 1.40 bits per heavy atom. The van der Waals surface area contributed by atoms with E-state index in [1.54, 1.807) is 6.07 Å². The van der Waals surface area contributed by atoms with Gasteiger partial charge in [-0.25, -0.2) is 4.79 Å². The Labute approximate surface area is 124 Å². The Morgan fingerprint density at radius 3 is 2.80 bits per heavy atom. The molecule has 0 amide bonds. The molecule has 1 aliphatic heterocycles. The maximum absolute atomic E-state index is 11.4. The third kappa shape index (κ3) is 3.90. The number of hydrogen-bond acceptors (Lipinski definition) is 4. The van der Waals surface area contributed by atoms with Gasteiger partial charge in [-0.05, 0) is 43.8 Å². The minimum atomic E-state index is -0.919. The largest absolute Gasteiger partial charge is 0.491 e. The third-order valence-corrected chi connectivity index (χ3v) is 4.31. The normalized spacial score (nSPS) is 15.4. The van der Waals surface area contributed by atoms with Gasteiger partial charge in [0.05, 0.1) is 0 Å². The number of carbonyl (C=O) groups is 1. The summed E-state index contributed by atoms with van der Waals surface area (Å²) in [7, 11) is 0. The Hall–Kier alpha value is -1.20. The smallest absolute Gasteiger partial charge is 0.340 e. The number of rotatable bonds is 7. The third-order valence-electron chi connectivity index (χ3n) is 3.37. The summed E-state index contributed by atoms with van der Waals surface area (Å²) in [6.07, 6.45) is 2.51. The first-order chi connectivity index (χ1) is 9.72. The van der Waals surface area contributed by atoms with Gasteiger partial charge < -0.3 is 9.84 Å². The first kappa shape index (κ1) is 15.2. The van der Waals surface area contributed by atoms with E-state index in [2.05, 4.69) is 4.90 Å². The van der Waals surface area contributed by atoms with Crippen LogP contribution in [0.15, 0.2) is 23.1 Å². The van der Waals surface area contributed by atoms with Gasteiger partial charge in [0.15, 0.2) is 0 Å². The number of carboxylic acids is 1. The summed E-state index contributed by atoms with van der Waals surface area (Å²) in [6.45, 7) is 5.67. The van der Waals surface area contributed by atoms with Gasteiger partial charge in [0, 0.05) is 11.4 Å². The molecular weight excluding hydrogens is 274 g/mol. The first-order valence-corrected chi connectivity index (χ1v) is 8.05. The second kappa shape index (κ2) is 7.55. The minimum absolute atomic E-state index is 0.292. The lowest BCUT2D eigenvalue weighted by molar-refractivity contribution is 0.0687. The summed E-state index contributed by atoms with van der Waals surface area (Å²) in [6, 6.07) is 5.44. The highest BCUT2D eigenvalue weighted by Gasteiger charge is 2.17. The maximum atomic E-state index is 11.4. The van der Waals surface area contributed by atoms with Gasteiger partial charge in [0.2, 0.25) is 0 Å². The lowest BCUT2D eigenvalue weighted by Crippen LogP contribution is -2.25. The van der Waals surface area contributed by atoms with Crippen LogP contribution in [0.1, 0.15) is 30.1 Å². The maximum Gasteiger partial charge on any atom is 0.340 e. The summed E-state index contributed by atoms with van der Waals surface area (Å²) in [5, 5.41) is 9.38. The van der Waals surface area contributed by atoms with E-state index < -0.39 is 5.97 Å². The average Bonchev–Trinajstić information content (AvgIpc) is 2.92. The monoisotopic (exact) mass is 295 g/mol. The molecule has 20 heavy (non-hydrogen) atoms. The lowest BCUT2D eigenvalue weighted by Gasteiger charge is -2.16. The van der Waals surface area contributed by atoms with Crippen molar-refractivity contribution in [3.05, 3.63) is 23.8 Å². The van der Waals surface area contributed by atoms with Crippen LogP contribution in [0.3, 0.4) is 0 Å². The Morgan fingerprint density at radius 2 is 2.15 bits per heavy atom. The van der Waals surface area contributed by atoms with Crippen LogP contribution in [0.4, 0.5) is 0 Å². The predicted octanol–water partition coefficient (Wildman–Crippen LogP) is 2.97. The van der Waals surface area contributed by atoms with Crippen LogP contribution >= 0.6 is 11.8 Å². The van der Waals surface area contributed by atoms with Crippen LogP contribution in [-0.2, 0) is 0 Å². The predicted molar refractivity (Wildman–Crippen MR) is 81.0 cm³/mol. The molecule has 1 N–H and O–H groups in total. The molecule has 4 nitrogen and oxygen atoms in total. The molecule has 0 aliphatic carbocycles. The molecule has 1 aromatic rings. The van der Waals surface area contributed by atoms with Crippen molar-refractivity contribution in [2.75, 3.05) is 32.0 Å². The molecule has 5 heteroatoms. The van der Waals surface area contributed by atoms with Crippen molar-refractivity contribution in [3.8, 4) is 5.75 Å². The Balaban J connectivity index is 2.01. The van der Waals surface area contributed by atoms with E-state index in [0.717, 1.165) is 30.3 Å². The zero-order valence-electron chi connectivity index (χ0n) is 11.8. The van der Waals surface area contributed by atoms with Crippen LogP contribution in [0.2, 0.25) is 0 Å². The number of carboxylic acid groups (broad SMARTS) is 1. The molecule has 1 aliphatic rings. The fraction of sp³-hybridized carbons (Fsp3) is 0.533. The second-order valence-corrected chi connectivity index (χ2v) is 6.07. The van der Waals surface area contributed by atoms with E-state index >= 15 is 0 Å². The zero-order chi connectivity index (χ0) is 14.4. The van der Waals surface area contributed by atoms with Gasteiger partial charge in [-0.3, -0.25) is 4.90 Å². The van der Waals surface area contributed by atoms with E-state index in [0.29, 0.717) is 17.9 Å². The van der Waals surface area contributed by atoms with Gasteiger partial charge in [0.1, 0.15) is 17.9 Å². The second-order valence-electron chi connectivity index (χ2n) is 4.76. The summed E-state index contributed by atoms with van der Waals surface area (Å²) in [5.74, 6) is 0.408. The standard InChI is InChI=1S/C15H21NO3S/c1-2-20-13-7-5-6-12(14(13)15(17)18)19-11-10-16-8-3-4-9-16/h5-7H,2-4,8-11H2,1H3,(H,17,18). The number of nitrogens with zero attached hydrogens (tertiary/aromatic N) is 1. The molecule has 1 heterocycles. The highest BCUT2D eigenvalue weighted by molar-refractivity contribution is 7.99. The fourth-order valence-electron chi connectivity index (χ4n) is 2.41. The number of ether oxygens (including phenoxy) is 1. The number of hydrogen-bond donors (Lipinski definition) is 1. The highest BCUT2D eigenvalue weighted by atomic mass is 32.2. The lowest BCUT2D eigenvalue weighted by atomic mass is 10.2. The number of thioether (sulfide) groups is 1. The molecular formula is C15H21NO3S. The molecule has 1 fully saturated rings. The molecule has 0 bridgehead atoms. The molecule has 0 atom stereocenters. The molecule has 1 aromatic carbocycles. The summed E-state index contributed by atoms with van der Waals surface area (Å²) in [4.78, 5) is 14.6. The van der Waals surface area contributed by atoms with Gasteiger partial charge in [0.25, 0.3) is 0 Å². The van der Waals surface area contributed by atoms with E-state index in [1.165, 1.54) is 24.6 Å². The SMILES string of the molecule is CCSc1cccc(OCCN2CCCC2)c1C(=O)O. The minimum Gasteiger partial charge on any atom is -0.491 e. The number of aromatic carboxylic acids is 1. The molecule has 0 aromatic heterocycles. The van der Waals surface area contributed by atoms with E-state index in [4.69, 9.17) is 4.74 Å². The molecule has 0 radical (unpaired) electrons. The average molecular weight is 295 g/mol. The first-order valence-electron chi connectivity index (χ1n) is 7.06. The van der Waals surface area contributed by atoms with Crippen LogP contribution in [0, 0.1) is 0 Å². The molecule has 0 saturated carbocycles. The van der Waals surface area contributed by atoms with Gasteiger partial charge in [-0.1, -0.05) is 13.0 Å². The van der Waals surface area contributed by atoms with Crippen molar-refractivity contribution >= 4 is 17.7 Å². The Bertz CT molecular complexity index is 458. The molecule has 0 spiro atoms. The Kier molecular flexibility index (Phi) is 5.73. The topological polar surface area (TPSA) is 49.8 Å². The van der Waals surface area contributed by atoms with Gasteiger partial charge in [-0.15, -0.1) is 11.8 Å². The van der Waals surface area contributed by atoms with Crippen molar-refractivity contribution in [2.24, 2.45) is 0 Å². The van der Waals surface area contributed by atoms with E-state index in [-0.39, 0.29) is 0 Å². The van der Waals surface area contributed by atoms with Gasteiger partial charge in [-0.2, -0.15) is 0 Å². The molecule has 2 rings (SSSR count). The number of benzene rings is 1. The van der Waals surface area contributed by atoms with Crippen molar-refractivity contribution < 1.29 is 14.6 Å². The van der Waals surface area contributed by atoms with Crippen molar-refractivity contribution in [3.63, 3.8) is 0 Å².